The summed E-state index contributed by atoms with van der Waals surface area (Å²) >= 11 is 0. The summed E-state index contributed by atoms with van der Waals surface area (Å²) in [5.41, 5.74) is 7.58. The number of piperidine rings is 1. The maximum atomic E-state index is 13.0. The second-order valence-corrected chi connectivity index (χ2v) is 7.46. The van der Waals surface area contributed by atoms with Crippen LogP contribution in [0.4, 0.5) is 5.69 Å². The number of carbonyl (C=O) groups is 4. The molecule has 0 aromatic heterocycles. The van der Waals surface area contributed by atoms with Crippen molar-refractivity contribution >= 4 is 29.3 Å². The second-order valence-electron chi connectivity index (χ2n) is 7.46. The summed E-state index contributed by atoms with van der Waals surface area (Å²) < 4.78 is 0. The first-order valence-corrected chi connectivity index (χ1v) is 9.55. The molecule has 0 atom stereocenters. The smallest absolute Gasteiger partial charge is 0.266 e. The molecule has 148 valence electrons. The van der Waals surface area contributed by atoms with E-state index in [1.165, 1.54) is 12.1 Å². The summed E-state index contributed by atoms with van der Waals surface area (Å²) in [5.74, 6) is -1.58. The van der Waals surface area contributed by atoms with Crippen molar-refractivity contribution in [3.63, 3.8) is 0 Å². The number of likely N-dealkylation sites (tertiary alicyclic amines) is 1. The number of imide groups is 1. The SMILES string of the molecule is Cc1ccccc1N1C(=O)c2ccc(C(=O)N3CCC(C(N)=O)CC3)cc2C1=O. The quantitative estimate of drug-likeness (QED) is 0.810. The summed E-state index contributed by atoms with van der Waals surface area (Å²) in [6.45, 7) is 2.71. The zero-order valence-corrected chi connectivity index (χ0v) is 16.1. The van der Waals surface area contributed by atoms with Gasteiger partial charge in [0.05, 0.1) is 16.8 Å². The van der Waals surface area contributed by atoms with Gasteiger partial charge in [0.25, 0.3) is 17.7 Å². The highest BCUT2D eigenvalue weighted by Gasteiger charge is 2.38. The molecule has 0 bridgehead atoms. The van der Waals surface area contributed by atoms with Gasteiger partial charge in [0.1, 0.15) is 0 Å². The Bertz CT molecular complexity index is 1040. The molecule has 0 aliphatic carbocycles. The van der Waals surface area contributed by atoms with Crippen LogP contribution in [-0.4, -0.2) is 41.6 Å². The molecule has 7 nitrogen and oxygen atoms in total. The number of benzene rings is 2. The molecule has 1 fully saturated rings. The number of amides is 4. The van der Waals surface area contributed by atoms with Crippen LogP contribution in [0.2, 0.25) is 0 Å². The molecule has 1 saturated heterocycles. The first kappa shape index (κ1) is 18.9. The second kappa shape index (κ2) is 7.16. The molecule has 7 heteroatoms. The van der Waals surface area contributed by atoms with Crippen molar-refractivity contribution in [1.29, 1.82) is 0 Å². The van der Waals surface area contributed by atoms with E-state index in [0.29, 0.717) is 42.7 Å². The first-order chi connectivity index (χ1) is 13.9. The van der Waals surface area contributed by atoms with Crippen LogP contribution in [0.1, 0.15) is 49.5 Å². The Labute approximate surface area is 168 Å². The maximum absolute atomic E-state index is 13.0. The average Bonchev–Trinajstić information content (AvgIpc) is 2.98. The van der Waals surface area contributed by atoms with Gasteiger partial charge in [-0.3, -0.25) is 19.2 Å². The predicted octanol–water partition coefficient (Wildman–Crippen LogP) is 2.13. The number of rotatable bonds is 3. The molecule has 2 aliphatic rings. The third kappa shape index (κ3) is 3.18. The number of fused-ring (bicyclic) bond motifs is 1. The fourth-order valence-electron chi connectivity index (χ4n) is 3.96. The van der Waals surface area contributed by atoms with Crippen LogP contribution in [-0.2, 0) is 4.79 Å². The zero-order valence-electron chi connectivity index (χ0n) is 16.1. The Morgan fingerprint density at radius 1 is 0.966 bits per heavy atom. The number of primary amides is 1. The van der Waals surface area contributed by atoms with E-state index in [1.807, 2.05) is 19.1 Å². The van der Waals surface area contributed by atoms with Crippen LogP contribution in [0.15, 0.2) is 42.5 Å². The highest BCUT2D eigenvalue weighted by atomic mass is 16.2. The van der Waals surface area contributed by atoms with Crippen molar-refractivity contribution in [3.05, 3.63) is 64.7 Å². The summed E-state index contributed by atoms with van der Waals surface area (Å²) in [6.07, 6.45) is 1.06. The number of hydrogen-bond donors (Lipinski definition) is 1. The predicted molar refractivity (Wildman–Crippen MR) is 107 cm³/mol. The van der Waals surface area contributed by atoms with Crippen LogP contribution in [0, 0.1) is 12.8 Å². The normalized spacial score (nSPS) is 16.9. The fourth-order valence-corrected chi connectivity index (χ4v) is 3.96. The molecular weight excluding hydrogens is 370 g/mol. The van der Waals surface area contributed by atoms with Crippen molar-refractivity contribution in [2.24, 2.45) is 11.7 Å². The maximum Gasteiger partial charge on any atom is 0.266 e. The fraction of sp³-hybridized carbons (Fsp3) is 0.273. The highest BCUT2D eigenvalue weighted by Crippen LogP contribution is 2.31. The minimum atomic E-state index is -0.429. The van der Waals surface area contributed by atoms with E-state index >= 15 is 0 Å². The van der Waals surface area contributed by atoms with Crippen molar-refractivity contribution in [2.75, 3.05) is 18.0 Å². The number of para-hydroxylation sites is 1. The molecule has 0 radical (unpaired) electrons. The molecule has 4 rings (SSSR count). The standard InChI is InChI=1S/C22H21N3O4/c1-13-4-2-3-5-18(13)25-21(28)16-7-6-15(12-17(16)22(25)29)20(27)24-10-8-14(9-11-24)19(23)26/h2-7,12,14H,8-11H2,1H3,(H2,23,26). The molecule has 2 N–H and O–H groups in total. The molecule has 0 unspecified atom stereocenters. The topological polar surface area (TPSA) is 101 Å². The lowest BCUT2D eigenvalue weighted by Gasteiger charge is -2.30. The molecule has 2 aromatic rings. The van der Waals surface area contributed by atoms with Crippen molar-refractivity contribution in [2.45, 2.75) is 19.8 Å². The Hall–Kier alpha value is -3.48. The summed E-state index contributed by atoms with van der Waals surface area (Å²) in [5, 5.41) is 0. The largest absolute Gasteiger partial charge is 0.369 e. The monoisotopic (exact) mass is 391 g/mol. The van der Waals surface area contributed by atoms with Gasteiger partial charge in [0, 0.05) is 24.6 Å². The zero-order chi connectivity index (χ0) is 20.7. The van der Waals surface area contributed by atoms with Crippen LogP contribution in [0.25, 0.3) is 0 Å². The van der Waals surface area contributed by atoms with E-state index in [2.05, 4.69) is 0 Å². The Morgan fingerprint density at radius 3 is 2.28 bits per heavy atom. The number of nitrogens with two attached hydrogens (primary N) is 1. The number of anilines is 1. The molecule has 4 amide bonds. The van der Waals surface area contributed by atoms with E-state index < -0.39 is 5.91 Å². The van der Waals surface area contributed by atoms with Crippen LogP contribution in [0.5, 0.6) is 0 Å². The van der Waals surface area contributed by atoms with Gasteiger partial charge in [0.2, 0.25) is 5.91 Å². The van der Waals surface area contributed by atoms with E-state index in [0.717, 1.165) is 10.5 Å². The highest BCUT2D eigenvalue weighted by molar-refractivity contribution is 6.35. The number of aryl methyl sites for hydroxylation is 1. The van der Waals surface area contributed by atoms with Gasteiger partial charge in [-0.15, -0.1) is 0 Å². The van der Waals surface area contributed by atoms with E-state index in [4.69, 9.17) is 5.73 Å². The lowest BCUT2D eigenvalue weighted by molar-refractivity contribution is -0.123. The van der Waals surface area contributed by atoms with E-state index in [9.17, 15) is 19.2 Å². The molecule has 2 heterocycles. The Morgan fingerprint density at radius 2 is 1.62 bits per heavy atom. The van der Waals surface area contributed by atoms with Gasteiger partial charge in [-0.05, 0) is 49.6 Å². The van der Waals surface area contributed by atoms with E-state index in [1.54, 1.807) is 23.1 Å². The van der Waals surface area contributed by atoms with Gasteiger partial charge in [-0.1, -0.05) is 18.2 Å². The van der Waals surface area contributed by atoms with Crippen molar-refractivity contribution < 1.29 is 19.2 Å². The number of nitrogens with zero attached hydrogens (tertiary/aromatic N) is 2. The number of hydrogen-bond acceptors (Lipinski definition) is 4. The summed E-state index contributed by atoms with van der Waals surface area (Å²) in [7, 11) is 0. The molecule has 2 aromatic carbocycles. The molecule has 0 spiro atoms. The lowest BCUT2D eigenvalue weighted by Crippen LogP contribution is -2.41. The van der Waals surface area contributed by atoms with E-state index in [-0.39, 0.29) is 29.2 Å². The Balaban J connectivity index is 1.59. The van der Waals surface area contributed by atoms with Gasteiger partial charge in [-0.2, -0.15) is 0 Å². The van der Waals surface area contributed by atoms with Gasteiger partial charge in [-0.25, -0.2) is 4.90 Å². The summed E-state index contributed by atoms with van der Waals surface area (Å²) in [4.78, 5) is 52.8. The number of carbonyl (C=O) groups excluding carboxylic acids is 4. The molecule has 2 aliphatic heterocycles. The van der Waals surface area contributed by atoms with Crippen LogP contribution in [0.3, 0.4) is 0 Å². The van der Waals surface area contributed by atoms with Crippen LogP contribution < -0.4 is 10.6 Å². The first-order valence-electron chi connectivity index (χ1n) is 9.55. The third-order valence-electron chi connectivity index (χ3n) is 5.67. The van der Waals surface area contributed by atoms with Gasteiger partial charge >= 0.3 is 0 Å². The van der Waals surface area contributed by atoms with Gasteiger partial charge < -0.3 is 10.6 Å². The van der Waals surface area contributed by atoms with Crippen LogP contribution >= 0.6 is 0 Å². The molecule has 29 heavy (non-hydrogen) atoms. The minimum Gasteiger partial charge on any atom is -0.369 e. The summed E-state index contributed by atoms with van der Waals surface area (Å²) in [6, 6.07) is 11.8. The Kier molecular flexibility index (Phi) is 4.66. The molecule has 0 saturated carbocycles. The van der Waals surface area contributed by atoms with Crippen molar-refractivity contribution in [1.82, 2.24) is 4.90 Å². The average molecular weight is 391 g/mol. The van der Waals surface area contributed by atoms with Crippen molar-refractivity contribution in [3.8, 4) is 0 Å². The molecular formula is C22H21N3O4. The van der Waals surface area contributed by atoms with Gasteiger partial charge in [0.15, 0.2) is 0 Å². The minimum absolute atomic E-state index is 0.207. The lowest BCUT2D eigenvalue weighted by atomic mass is 9.95. The third-order valence-corrected chi connectivity index (χ3v) is 5.67.